The minimum Gasteiger partial charge on any atom is -1.00 e. The Balaban J connectivity index is 0.00000128. The van der Waals surface area contributed by atoms with Crippen molar-refractivity contribution in [3.05, 3.63) is 36.0 Å². The number of hydrogen-bond acceptors (Lipinski definition) is 2. The predicted octanol–water partition coefficient (Wildman–Crippen LogP) is -1.76. The maximum absolute atomic E-state index is 10.6. The Labute approximate surface area is 117 Å². The number of aromatic nitrogens is 1. The Morgan fingerprint density at radius 2 is 2.19 bits per heavy atom. The van der Waals surface area contributed by atoms with Gasteiger partial charge >= 0.3 is 35.5 Å². The van der Waals surface area contributed by atoms with Gasteiger partial charge in [-0.3, -0.25) is 4.79 Å². The second-order valence-electron chi connectivity index (χ2n) is 3.51. The van der Waals surface area contributed by atoms with Crippen LogP contribution >= 0.6 is 0 Å². The molecule has 5 heteroatoms. The van der Waals surface area contributed by atoms with Crippen molar-refractivity contribution in [3.8, 4) is 0 Å². The first-order valence-electron chi connectivity index (χ1n) is 4.72. The first-order chi connectivity index (χ1) is 7.18. The summed E-state index contributed by atoms with van der Waals surface area (Å²) in [6.07, 6.45) is 2.16. The number of hydrogen-bond donors (Lipinski definition) is 3. The van der Waals surface area contributed by atoms with Crippen molar-refractivity contribution in [1.82, 2.24) is 4.98 Å². The summed E-state index contributed by atoms with van der Waals surface area (Å²) in [6, 6.07) is 6.91. The van der Waals surface area contributed by atoms with Crippen molar-refractivity contribution in [2.45, 2.75) is 12.5 Å². The smallest absolute Gasteiger partial charge is 1.00 e. The van der Waals surface area contributed by atoms with E-state index in [1.54, 1.807) is 0 Å². The van der Waals surface area contributed by atoms with Crippen LogP contribution in [0.25, 0.3) is 10.9 Å². The predicted molar refractivity (Wildman–Crippen MR) is 58.7 cm³/mol. The number of fused-ring (bicyclic) bond motifs is 1. The van der Waals surface area contributed by atoms with Crippen LogP contribution in [-0.4, -0.2) is 22.1 Å². The summed E-state index contributed by atoms with van der Waals surface area (Å²) in [4.78, 5) is 13.7. The topological polar surface area (TPSA) is 79.1 Å². The van der Waals surface area contributed by atoms with Crippen molar-refractivity contribution in [1.29, 1.82) is 0 Å². The first kappa shape index (κ1) is 13.3. The van der Waals surface area contributed by atoms with E-state index >= 15 is 0 Å². The van der Waals surface area contributed by atoms with Gasteiger partial charge in [0.15, 0.2) is 0 Å². The zero-order chi connectivity index (χ0) is 10.8. The normalized spacial score (nSPS) is 12.1. The van der Waals surface area contributed by atoms with Gasteiger partial charge in [0.05, 0.1) is 0 Å². The summed E-state index contributed by atoms with van der Waals surface area (Å²) in [5, 5.41) is 9.75. The first-order valence-corrected chi connectivity index (χ1v) is 4.72. The van der Waals surface area contributed by atoms with Crippen LogP contribution < -0.4 is 35.3 Å². The monoisotopic (exact) mass is 228 g/mol. The van der Waals surface area contributed by atoms with E-state index < -0.39 is 12.0 Å². The van der Waals surface area contributed by atoms with Gasteiger partial charge in [-0.05, 0) is 11.6 Å². The number of benzene rings is 1. The molecule has 4 N–H and O–H groups in total. The molecule has 16 heavy (non-hydrogen) atoms. The molecule has 0 spiro atoms. The molecule has 0 amide bonds. The molecule has 0 saturated carbocycles. The summed E-state index contributed by atoms with van der Waals surface area (Å²) in [5.41, 5.74) is 7.43. The van der Waals surface area contributed by atoms with Crippen molar-refractivity contribution in [2.24, 2.45) is 5.73 Å². The molecular weight excluding hydrogens is 215 g/mol. The minimum atomic E-state index is -0.972. The molecule has 1 aromatic carbocycles. The Hall–Kier alpha value is -0.810. The second kappa shape index (κ2) is 5.50. The van der Waals surface area contributed by atoms with E-state index in [9.17, 15) is 4.79 Å². The molecule has 1 heterocycles. The van der Waals surface area contributed by atoms with Gasteiger partial charge in [0.1, 0.15) is 6.04 Å². The fourth-order valence-electron chi connectivity index (χ4n) is 1.62. The standard InChI is InChI=1S/C11H12N2O2.Na.H/c12-9(11(14)15)5-7-6-13-10-4-2-1-3-8(7)10;;/h1-4,6,9,13H,5,12H2,(H,14,15);;/q;+1;-1/t9-;;/m0../s1. The van der Waals surface area contributed by atoms with Crippen LogP contribution in [0.2, 0.25) is 0 Å². The second-order valence-corrected chi connectivity index (χ2v) is 3.51. The largest absolute Gasteiger partial charge is 1.00 e. The number of aromatic amines is 1. The molecule has 0 fully saturated rings. The van der Waals surface area contributed by atoms with Crippen LogP contribution in [0, 0.1) is 0 Å². The fourth-order valence-corrected chi connectivity index (χ4v) is 1.62. The van der Waals surface area contributed by atoms with Crippen LogP contribution in [-0.2, 0) is 11.2 Å². The molecule has 0 aliphatic carbocycles. The molecule has 80 valence electrons. The quantitative estimate of drug-likeness (QED) is 0.544. The molecule has 1 aromatic heterocycles. The van der Waals surface area contributed by atoms with Gasteiger partial charge in [0.2, 0.25) is 0 Å². The third-order valence-corrected chi connectivity index (χ3v) is 2.43. The van der Waals surface area contributed by atoms with Gasteiger partial charge in [-0.15, -0.1) is 0 Å². The maximum Gasteiger partial charge on any atom is 1.00 e. The van der Waals surface area contributed by atoms with Gasteiger partial charge in [-0.1, -0.05) is 18.2 Å². The molecule has 2 aromatic rings. The van der Waals surface area contributed by atoms with E-state index in [2.05, 4.69) is 4.98 Å². The van der Waals surface area contributed by atoms with Crippen LogP contribution in [0.3, 0.4) is 0 Å². The van der Waals surface area contributed by atoms with E-state index in [4.69, 9.17) is 10.8 Å². The number of nitrogens with one attached hydrogen (secondary N) is 1. The van der Waals surface area contributed by atoms with Crippen LogP contribution in [0.15, 0.2) is 30.5 Å². The van der Waals surface area contributed by atoms with Gasteiger partial charge in [0, 0.05) is 23.5 Å². The number of carbonyl (C=O) groups is 1. The Morgan fingerprint density at radius 1 is 1.50 bits per heavy atom. The molecule has 1 atom stereocenters. The Kier molecular flexibility index (Phi) is 4.56. The molecular formula is C11H13N2NaO2. The number of rotatable bonds is 3. The SMILES string of the molecule is N[C@@H](Cc1c[nH]c2ccccc12)C(=O)O.[H-].[Na+]. The number of para-hydroxylation sites is 1. The molecule has 2 rings (SSSR count). The summed E-state index contributed by atoms with van der Waals surface area (Å²) in [6.45, 7) is 0. The fraction of sp³-hybridized carbons (Fsp3) is 0.182. The van der Waals surface area contributed by atoms with Crippen molar-refractivity contribution in [3.63, 3.8) is 0 Å². The van der Waals surface area contributed by atoms with Gasteiger partial charge < -0.3 is 17.3 Å². The summed E-state index contributed by atoms with van der Waals surface area (Å²) in [5.74, 6) is -0.972. The number of H-pyrrole nitrogens is 1. The zero-order valence-corrected chi connectivity index (χ0v) is 11.1. The summed E-state index contributed by atoms with van der Waals surface area (Å²) in [7, 11) is 0. The molecule has 0 aliphatic heterocycles. The number of carboxylic acid groups (broad SMARTS) is 1. The molecule has 0 aliphatic rings. The molecule has 0 bridgehead atoms. The average Bonchev–Trinajstić information content (AvgIpc) is 2.62. The third-order valence-electron chi connectivity index (χ3n) is 2.43. The molecule has 0 unspecified atom stereocenters. The van der Waals surface area contributed by atoms with Crippen molar-refractivity contribution >= 4 is 16.9 Å². The third kappa shape index (κ3) is 2.65. The Bertz CT molecular complexity index is 501. The Morgan fingerprint density at radius 3 is 2.88 bits per heavy atom. The van der Waals surface area contributed by atoms with E-state index in [0.29, 0.717) is 6.42 Å². The van der Waals surface area contributed by atoms with Crippen LogP contribution in [0.5, 0.6) is 0 Å². The van der Waals surface area contributed by atoms with Crippen molar-refractivity contribution in [2.75, 3.05) is 0 Å². The van der Waals surface area contributed by atoms with Crippen LogP contribution in [0.4, 0.5) is 0 Å². The molecule has 0 radical (unpaired) electrons. The van der Waals surface area contributed by atoms with Crippen LogP contribution in [0.1, 0.15) is 6.99 Å². The number of aliphatic carboxylic acids is 1. The summed E-state index contributed by atoms with van der Waals surface area (Å²) < 4.78 is 0. The van der Waals surface area contributed by atoms with Crippen molar-refractivity contribution < 1.29 is 40.9 Å². The van der Waals surface area contributed by atoms with Gasteiger partial charge in [-0.2, -0.15) is 0 Å². The van der Waals surface area contributed by atoms with E-state index in [0.717, 1.165) is 16.5 Å². The molecule has 0 saturated heterocycles. The zero-order valence-electron chi connectivity index (χ0n) is 10.1. The van der Waals surface area contributed by atoms with E-state index in [-0.39, 0.29) is 31.0 Å². The maximum atomic E-state index is 10.6. The number of nitrogens with two attached hydrogens (primary N) is 1. The minimum absolute atomic E-state index is 0. The van der Waals surface area contributed by atoms with Gasteiger partial charge in [-0.25, -0.2) is 0 Å². The number of carboxylic acids is 1. The molecule has 4 nitrogen and oxygen atoms in total. The average molecular weight is 228 g/mol. The van der Waals surface area contributed by atoms with Gasteiger partial charge in [0.25, 0.3) is 0 Å². The van der Waals surface area contributed by atoms with E-state index in [1.807, 2.05) is 30.5 Å². The van der Waals surface area contributed by atoms with E-state index in [1.165, 1.54) is 0 Å². The summed E-state index contributed by atoms with van der Waals surface area (Å²) >= 11 is 0.